The summed E-state index contributed by atoms with van der Waals surface area (Å²) < 4.78 is 41.4. The van der Waals surface area contributed by atoms with Crippen molar-refractivity contribution in [3.05, 3.63) is 32.2 Å². The molecule has 0 aliphatic carbocycles. The van der Waals surface area contributed by atoms with Gasteiger partial charge in [0.2, 0.25) is 9.05 Å². The minimum atomic E-state index is -3.45. The summed E-state index contributed by atoms with van der Waals surface area (Å²) in [6, 6.07) is 0. The zero-order valence-corrected chi connectivity index (χ0v) is 18.6. The molecule has 1 N–H and O–H groups in total. The minimum absolute atomic E-state index is 0. The molecule has 2 rings (SSSR count). The zero-order chi connectivity index (χ0) is 16.0. The number of thiazole rings is 2. The quantitative estimate of drug-likeness (QED) is 0.369. The van der Waals surface area contributed by atoms with Gasteiger partial charge < -0.3 is 13.9 Å². The van der Waals surface area contributed by atoms with Crippen LogP contribution in [0.15, 0.2) is 10.8 Å². The Kier molecular flexibility index (Phi) is 13.2. The third-order valence-corrected chi connectivity index (χ3v) is 5.06. The first-order chi connectivity index (χ1) is 9.65. The van der Waals surface area contributed by atoms with Crippen LogP contribution in [0.5, 0.6) is 0 Å². The third kappa shape index (κ3) is 12.4. The first-order valence-corrected chi connectivity index (χ1v) is 10.9. The molecule has 0 saturated carbocycles. The zero-order valence-electron chi connectivity index (χ0n) is 12.6. The summed E-state index contributed by atoms with van der Waals surface area (Å²) in [5.74, 6) is -0.150. The van der Waals surface area contributed by atoms with Crippen LogP contribution in [-0.4, -0.2) is 23.9 Å². The van der Waals surface area contributed by atoms with E-state index >= 15 is 0 Å². The van der Waals surface area contributed by atoms with Gasteiger partial charge in [0, 0.05) is 27.1 Å². The molecule has 2 aromatic heterocycles. The third-order valence-electron chi connectivity index (χ3n) is 1.92. The molecule has 0 spiro atoms. The Morgan fingerprint density at radius 1 is 1.09 bits per heavy atom. The van der Waals surface area contributed by atoms with Crippen LogP contribution in [0.25, 0.3) is 0 Å². The van der Waals surface area contributed by atoms with E-state index in [1.807, 2.05) is 13.8 Å². The summed E-state index contributed by atoms with van der Waals surface area (Å²) in [4.78, 5) is 7.93. The van der Waals surface area contributed by atoms with E-state index in [9.17, 15) is 16.8 Å². The summed E-state index contributed by atoms with van der Waals surface area (Å²) in [6.07, 6.45) is 0. The molecular formula is C10H13ClN2NaO5S4-. The van der Waals surface area contributed by atoms with Crippen molar-refractivity contribution in [1.29, 1.82) is 0 Å². The normalized spacial score (nSPS) is 10.3. The van der Waals surface area contributed by atoms with Crippen LogP contribution in [-0.2, 0) is 39.7 Å². The molecule has 0 aliphatic heterocycles. The van der Waals surface area contributed by atoms with Crippen molar-refractivity contribution in [2.45, 2.75) is 25.4 Å². The van der Waals surface area contributed by atoms with Gasteiger partial charge in [0.25, 0.3) is 0 Å². The molecule has 0 atom stereocenters. The SMILES string of the molecule is Cc1nc(CS(=O)(=O)Cl)cs1.Cc1nc(C[S-](=O)=O)cs1.[Na+].[OH-]. The van der Waals surface area contributed by atoms with Crippen LogP contribution in [0.2, 0.25) is 0 Å². The molecular weight excluding hydrogens is 415 g/mol. The van der Waals surface area contributed by atoms with Crippen molar-refractivity contribution >= 4 is 53.1 Å². The molecule has 0 radical (unpaired) electrons. The average Bonchev–Trinajstić information content (AvgIpc) is 2.86. The number of aryl methyl sites for hydroxylation is 2. The molecule has 0 amide bonds. The molecule has 0 bridgehead atoms. The van der Waals surface area contributed by atoms with Crippen molar-refractivity contribution in [1.82, 2.24) is 9.97 Å². The van der Waals surface area contributed by atoms with Crippen molar-refractivity contribution in [3.8, 4) is 0 Å². The molecule has 23 heavy (non-hydrogen) atoms. The maximum atomic E-state index is 10.5. The van der Waals surface area contributed by atoms with Crippen molar-refractivity contribution in [2.24, 2.45) is 0 Å². The average molecular weight is 428 g/mol. The van der Waals surface area contributed by atoms with Crippen LogP contribution < -0.4 is 29.6 Å². The van der Waals surface area contributed by atoms with Gasteiger partial charge in [0.15, 0.2) is 0 Å². The van der Waals surface area contributed by atoms with E-state index in [2.05, 4.69) is 9.97 Å². The fourth-order valence-electron chi connectivity index (χ4n) is 1.25. The Morgan fingerprint density at radius 3 is 1.83 bits per heavy atom. The topological polar surface area (TPSA) is 124 Å². The van der Waals surface area contributed by atoms with E-state index in [0.717, 1.165) is 10.0 Å². The van der Waals surface area contributed by atoms with E-state index in [1.54, 1.807) is 10.8 Å². The Balaban J connectivity index is 0. The Labute approximate surface area is 171 Å². The van der Waals surface area contributed by atoms with Gasteiger partial charge in [-0.05, 0) is 19.6 Å². The summed E-state index contributed by atoms with van der Waals surface area (Å²) in [6.45, 7) is 3.66. The van der Waals surface area contributed by atoms with Crippen molar-refractivity contribution in [3.63, 3.8) is 0 Å². The minimum Gasteiger partial charge on any atom is -0.870 e. The van der Waals surface area contributed by atoms with E-state index in [0.29, 0.717) is 11.4 Å². The molecule has 0 saturated heterocycles. The molecule has 13 heteroatoms. The largest absolute Gasteiger partial charge is 1.00 e. The van der Waals surface area contributed by atoms with Crippen molar-refractivity contribution < 1.29 is 51.9 Å². The van der Waals surface area contributed by atoms with Gasteiger partial charge in [-0.15, -0.1) is 22.7 Å². The monoisotopic (exact) mass is 427 g/mol. The molecule has 126 valence electrons. The van der Waals surface area contributed by atoms with Crippen LogP contribution in [0.1, 0.15) is 21.4 Å². The van der Waals surface area contributed by atoms with Gasteiger partial charge in [-0.1, -0.05) is 10.7 Å². The summed E-state index contributed by atoms with van der Waals surface area (Å²) in [5.41, 5.74) is 1.15. The molecule has 0 fully saturated rings. The number of hydrogen-bond acceptors (Lipinski definition) is 10. The first-order valence-electron chi connectivity index (χ1n) is 5.46. The van der Waals surface area contributed by atoms with Crippen LogP contribution in [0, 0.1) is 13.8 Å². The van der Waals surface area contributed by atoms with Crippen LogP contribution in [0.3, 0.4) is 0 Å². The maximum Gasteiger partial charge on any atom is 1.00 e. The molecule has 0 unspecified atom stereocenters. The fourth-order valence-corrected chi connectivity index (χ4v) is 3.91. The predicted octanol–water partition coefficient (Wildman–Crippen LogP) is -0.392. The van der Waals surface area contributed by atoms with Gasteiger partial charge in [-0.3, -0.25) is 0 Å². The van der Waals surface area contributed by atoms with Crippen molar-refractivity contribution in [2.75, 3.05) is 0 Å². The van der Waals surface area contributed by atoms with Gasteiger partial charge in [0.1, 0.15) is 5.75 Å². The number of hydrogen-bond donors (Lipinski definition) is 0. The van der Waals surface area contributed by atoms with Gasteiger partial charge in [-0.25, -0.2) is 18.4 Å². The van der Waals surface area contributed by atoms with Crippen LogP contribution >= 0.6 is 33.4 Å². The smallest absolute Gasteiger partial charge is 0.870 e. The first kappa shape index (κ1) is 25.6. The molecule has 7 nitrogen and oxygen atoms in total. The van der Waals surface area contributed by atoms with Gasteiger partial charge in [-0.2, -0.15) is 0 Å². The second-order valence-corrected chi connectivity index (χ2v) is 9.64. The maximum absolute atomic E-state index is 10.5. The van der Waals surface area contributed by atoms with E-state index in [4.69, 9.17) is 10.7 Å². The van der Waals surface area contributed by atoms with Crippen LogP contribution in [0.4, 0.5) is 0 Å². The molecule has 2 aromatic rings. The number of halogens is 1. The molecule has 0 aliphatic rings. The summed E-state index contributed by atoms with van der Waals surface area (Å²) in [5, 5.41) is 5.20. The standard InChI is InChI=1S/C5H6ClNO2S2.C5H6NO2S2.Na.H2O/c1-4-7-5(2-10-4)3-11(6,8)9;1-4-6-5(2-9-4)3-10(7)8;;/h2H,3H2,1H3;2H,3H2,1H3;;1H2/q;-1;+1;/p-1. The molecule has 0 aromatic carbocycles. The number of nitrogens with zero attached hydrogens (tertiary/aromatic N) is 2. The van der Waals surface area contributed by atoms with E-state index < -0.39 is 19.8 Å². The Bertz CT molecular complexity index is 764. The number of aromatic nitrogens is 2. The second-order valence-electron chi connectivity index (χ2n) is 3.85. The van der Waals surface area contributed by atoms with E-state index in [-0.39, 0.29) is 46.5 Å². The summed E-state index contributed by atoms with van der Waals surface area (Å²) in [7, 11) is -0.443. The Morgan fingerprint density at radius 2 is 1.52 bits per heavy atom. The summed E-state index contributed by atoms with van der Waals surface area (Å²) >= 11 is 2.87. The van der Waals surface area contributed by atoms with Gasteiger partial charge >= 0.3 is 29.6 Å². The van der Waals surface area contributed by atoms with Gasteiger partial charge in [0.05, 0.1) is 15.7 Å². The Hall–Kier alpha value is 0.410. The molecule has 2 heterocycles. The fraction of sp³-hybridized carbons (Fsp3) is 0.400. The predicted molar refractivity (Wildman–Crippen MR) is 86.6 cm³/mol. The van der Waals surface area contributed by atoms with E-state index in [1.165, 1.54) is 22.7 Å². The number of rotatable bonds is 4. The second kappa shape index (κ2) is 11.9.